The lowest BCUT2D eigenvalue weighted by Crippen LogP contribution is -2.41. The minimum absolute atomic E-state index is 0.118. The summed E-state index contributed by atoms with van der Waals surface area (Å²) >= 11 is 0. The van der Waals surface area contributed by atoms with Gasteiger partial charge in [0.05, 0.1) is 11.0 Å². The number of nitrogens with zero attached hydrogens (tertiary/aromatic N) is 4. The molecule has 0 bridgehead atoms. The first kappa shape index (κ1) is 18.2. The Morgan fingerprint density at radius 1 is 1.14 bits per heavy atom. The van der Waals surface area contributed by atoms with E-state index >= 15 is 0 Å². The summed E-state index contributed by atoms with van der Waals surface area (Å²) in [7, 11) is 0. The Morgan fingerprint density at radius 2 is 2.00 bits per heavy atom. The molecular formula is C23H32N4O. The number of hydrogen-bond donors (Lipinski definition) is 0. The number of carbonyl (C=O) groups is 1. The standard InChI is InChI=1S/C23H32N4O/c1-3-16(2)23(28)26-9-7-17-14-21-20(13-18(17)15-26)24-22-8-10-25(11-12-27(21)22)19-5-4-6-19/h13-14,16,19H,3-12,15H2,1-2H3. The minimum atomic E-state index is 0.118. The van der Waals surface area contributed by atoms with Crippen molar-refractivity contribution in [3.05, 3.63) is 29.1 Å². The molecule has 5 heteroatoms. The average Bonchev–Trinajstić information content (AvgIpc) is 2.88. The van der Waals surface area contributed by atoms with Crippen LogP contribution >= 0.6 is 0 Å². The van der Waals surface area contributed by atoms with Gasteiger partial charge in [0.1, 0.15) is 5.82 Å². The Balaban J connectivity index is 1.40. The molecule has 1 atom stereocenters. The molecule has 1 aromatic heterocycles. The summed E-state index contributed by atoms with van der Waals surface area (Å²) in [5.74, 6) is 1.66. The van der Waals surface area contributed by atoms with E-state index in [0.717, 1.165) is 63.5 Å². The van der Waals surface area contributed by atoms with Crippen LogP contribution in [0.2, 0.25) is 0 Å². The topological polar surface area (TPSA) is 41.4 Å². The molecule has 0 N–H and O–H groups in total. The molecular weight excluding hydrogens is 348 g/mol. The fourth-order valence-corrected chi connectivity index (χ4v) is 5.04. The predicted octanol–water partition coefficient (Wildman–Crippen LogP) is 3.38. The molecule has 0 spiro atoms. The van der Waals surface area contributed by atoms with Gasteiger partial charge >= 0.3 is 0 Å². The molecule has 5 rings (SSSR count). The molecule has 0 saturated heterocycles. The lowest BCUT2D eigenvalue weighted by atomic mass is 9.91. The van der Waals surface area contributed by atoms with Crippen LogP contribution in [0.15, 0.2) is 12.1 Å². The number of carbonyl (C=O) groups excluding carboxylic acids is 1. The molecule has 150 valence electrons. The van der Waals surface area contributed by atoms with Crippen LogP contribution in [0.1, 0.15) is 56.5 Å². The van der Waals surface area contributed by atoms with Gasteiger partial charge < -0.3 is 9.47 Å². The number of benzene rings is 1. The van der Waals surface area contributed by atoms with Crippen molar-refractivity contribution in [2.75, 3.05) is 19.6 Å². The maximum Gasteiger partial charge on any atom is 0.225 e. The summed E-state index contributed by atoms with van der Waals surface area (Å²) in [6.45, 7) is 9.07. The van der Waals surface area contributed by atoms with Gasteiger partial charge in [-0.25, -0.2) is 4.98 Å². The van der Waals surface area contributed by atoms with Crippen molar-refractivity contribution >= 4 is 16.9 Å². The summed E-state index contributed by atoms with van der Waals surface area (Å²) in [5, 5.41) is 0. The van der Waals surface area contributed by atoms with Gasteiger partial charge in [0, 0.05) is 51.1 Å². The lowest BCUT2D eigenvalue weighted by Gasteiger charge is -2.36. The summed E-state index contributed by atoms with van der Waals surface area (Å²) in [6.07, 6.45) is 7.08. The van der Waals surface area contributed by atoms with Crippen LogP contribution in [-0.2, 0) is 30.7 Å². The van der Waals surface area contributed by atoms with Crippen molar-refractivity contribution in [2.45, 2.75) is 71.5 Å². The molecule has 3 heterocycles. The first-order valence-corrected chi connectivity index (χ1v) is 11.2. The van der Waals surface area contributed by atoms with Crippen molar-refractivity contribution in [1.82, 2.24) is 19.4 Å². The molecule has 1 aliphatic carbocycles. The Labute approximate surface area is 167 Å². The zero-order valence-corrected chi connectivity index (χ0v) is 17.3. The second-order valence-corrected chi connectivity index (χ2v) is 8.98. The van der Waals surface area contributed by atoms with Gasteiger partial charge in [-0.1, -0.05) is 20.3 Å². The maximum atomic E-state index is 12.6. The lowest BCUT2D eigenvalue weighted by molar-refractivity contribution is -0.136. The smallest absolute Gasteiger partial charge is 0.225 e. The first-order valence-electron chi connectivity index (χ1n) is 11.2. The highest BCUT2D eigenvalue weighted by Gasteiger charge is 2.28. The molecule has 1 saturated carbocycles. The van der Waals surface area contributed by atoms with Crippen molar-refractivity contribution in [3.8, 4) is 0 Å². The highest BCUT2D eigenvalue weighted by atomic mass is 16.2. The summed E-state index contributed by atoms with van der Waals surface area (Å²) in [6, 6.07) is 5.44. The molecule has 2 aliphatic heterocycles. The van der Waals surface area contributed by atoms with Crippen LogP contribution in [0.3, 0.4) is 0 Å². The van der Waals surface area contributed by atoms with Crippen molar-refractivity contribution < 1.29 is 4.79 Å². The van der Waals surface area contributed by atoms with Crippen LogP contribution in [0.4, 0.5) is 0 Å². The quantitative estimate of drug-likeness (QED) is 0.820. The highest BCUT2D eigenvalue weighted by Crippen LogP contribution is 2.30. The van der Waals surface area contributed by atoms with Gasteiger partial charge in [-0.15, -0.1) is 0 Å². The van der Waals surface area contributed by atoms with Crippen molar-refractivity contribution in [1.29, 1.82) is 0 Å². The second-order valence-electron chi connectivity index (χ2n) is 8.98. The van der Waals surface area contributed by atoms with Gasteiger partial charge in [0.15, 0.2) is 0 Å². The number of fused-ring (bicyclic) bond motifs is 4. The van der Waals surface area contributed by atoms with Gasteiger partial charge in [-0.2, -0.15) is 0 Å². The number of amides is 1. The van der Waals surface area contributed by atoms with E-state index in [1.54, 1.807) is 0 Å². The third kappa shape index (κ3) is 3.04. The number of hydrogen-bond acceptors (Lipinski definition) is 3. The maximum absolute atomic E-state index is 12.6. The third-order valence-corrected chi connectivity index (χ3v) is 7.33. The van der Waals surface area contributed by atoms with E-state index in [0.29, 0.717) is 5.91 Å². The van der Waals surface area contributed by atoms with Crippen LogP contribution in [0, 0.1) is 5.92 Å². The molecule has 1 aromatic carbocycles. The fourth-order valence-electron chi connectivity index (χ4n) is 5.04. The van der Waals surface area contributed by atoms with Gasteiger partial charge in [-0.05, 0) is 48.9 Å². The van der Waals surface area contributed by atoms with Crippen molar-refractivity contribution in [2.24, 2.45) is 5.92 Å². The molecule has 28 heavy (non-hydrogen) atoms. The fraction of sp³-hybridized carbons (Fsp3) is 0.652. The van der Waals surface area contributed by atoms with E-state index in [1.807, 2.05) is 11.8 Å². The van der Waals surface area contributed by atoms with Crippen LogP contribution in [0.25, 0.3) is 11.0 Å². The normalized spacial score (nSPS) is 21.7. The van der Waals surface area contributed by atoms with E-state index in [-0.39, 0.29) is 5.92 Å². The van der Waals surface area contributed by atoms with Gasteiger partial charge in [0.2, 0.25) is 5.91 Å². The molecule has 1 fully saturated rings. The summed E-state index contributed by atoms with van der Waals surface area (Å²) in [5.41, 5.74) is 5.11. The molecule has 5 nitrogen and oxygen atoms in total. The predicted molar refractivity (Wildman–Crippen MR) is 111 cm³/mol. The highest BCUT2D eigenvalue weighted by molar-refractivity contribution is 5.81. The molecule has 0 radical (unpaired) electrons. The Hall–Kier alpha value is -1.88. The summed E-state index contributed by atoms with van der Waals surface area (Å²) in [4.78, 5) is 22.4. The van der Waals surface area contributed by atoms with E-state index < -0.39 is 0 Å². The molecule has 1 unspecified atom stereocenters. The van der Waals surface area contributed by atoms with E-state index in [9.17, 15) is 4.79 Å². The van der Waals surface area contributed by atoms with Crippen molar-refractivity contribution in [3.63, 3.8) is 0 Å². The number of rotatable bonds is 3. The molecule has 1 amide bonds. The van der Waals surface area contributed by atoms with Crippen LogP contribution in [-0.4, -0.2) is 50.9 Å². The van der Waals surface area contributed by atoms with Crippen LogP contribution in [0.5, 0.6) is 0 Å². The van der Waals surface area contributed by atoms with Gasteiger partial charge in [-0.3, -0.25) is 9.69 Å². The van der Waals surface area contributed by atoms with Gasteiger partial charge in [0.25, 0.3) is 0 Å². The number of imidazole rings is 1. The Kier molecular flexibility index (Phi) is 4.66. The monoisotopic (exact) mass is 380 g/mol. The summed E-state index contributed by atoms with van der Waals surface area (Å²) < 4.78 is 2.46. The molecule has 2 aromatic rings. The van der Waals surface area contributed by atoms with E-state index in [1.165, 1.54) is 41.7 Å². The Morgan fingerprint density at radius 3 is 2.75 bits per heavy atom. The zero-order valence-electron chi connectivity index (χ0n) is 17.3. The Bertz CT molecular complexity index is 898. The van der Waals surface area contributed by atoms with E-state index in [4.69, 9.17) is 4.98 Å². The average molecular weight is 381 g/mol. The van der Waals surface area contributed by atoms with E-state index in [2.05, 4.69) is 28.5 Å². The number of aromatic nitrogens is 2. The minimum Gasteiger partial charge on any atom is -0.338 e. The third-order valence-electron chi connectivity index (χ3n) is 7.33. The SMILES string of the molecule is CCC(C)C(=O)N1CCc2cc3c(cc2C1)nc1n3CCN(C2CCC2)CC1. The van der Waals surface area contributed by atoms with Crippen LogP contribution < -0.4 is 0 Å². The molecule has 3 aliphatic rings. The zero-order chi connectivity index (χ0) is 19.3. The largest absolute Gasteiger partial charge is 0.338 e. The first-order chi connectivity index (χ1) is 13.6. The second kappa shape index (κ2) is 7.18.